The van der Waals surface area contributed by atoms with Crippen LogP contribution < -0.4 is 0 Å². The number of carbonyl (C=O) groups excluding carboxylic acids is 2. The van der Waals surface area contributed by atoms with Gasteiger partial charge in [0.2, 0.25) is 0 Å². The lowest BCUT2D eigenvalue weighted by atomic mass is 10.1. The van der Waals surface area contributed by atoms with Crippen LogP contribution in [0, 0.1) is 5.92 Å². The first-order valence-corrected chi connectivity index (χ1v) is 4.45. The Hall–Kier alpha value is -0.860. The fraction of sp³-hybridized carbons (Fsp3) is 0.778. The predicted molar refractivity (Wildman–Crippen MR) is 43.6 cm³/mol. The zero-order valence-corrected chi connectivity index (χ0v) is 7.34. The summed E-state index contributed by atoms with van der Waals surface area (Å²) in [7, 11) is 0. The third kappa shape index (κ3) is 2.06. The van der Waals surface area contributed by atoms with E-state index in [0.717, 1.165) is 12.8 Å². The van der Waals surface area contributed by atoms with Crippen LogP contribution in [0.25, 0.3) is 0 Å². The summed E-state index contributed by atoms with van der Waals surface area (Å²) >= 11 is 0. The van der Waals surface area contributed by atoms with Gasteiger partial charge in [-0.05, 0) is 19.3 Å². The van der Waals surface area contributed by atoms with Crippen molar-refractivity contribution in [3.63, 3.8) is 0 Å². The van der Waals surface area contributed by atoms with Gasteiger partial charge >= 0.3 is 5.97 Å². The van der Waals surface area contributed by atoms with Crippen LogP contribution in [0.4, 0.5) is 0 Å². The van der Waals surface area contributed by atoms with E-state index in [9.17, 15) is 9.59 Å². The van der Waals surface area contributed by atoms with E-state index in [1.807, 2.05) is 6.92 Å². The van der Waals surface area contributed by atoms with Gasteiger partial charge in [0.15, 0.2) is 0 Å². The van der Waals surface area contributed by atoms with E-state index < -0.39 is 5.92 Å². The summed E-state index contributed by atoms with van der Waals surface area (Å²) in [6.07, 6.45) is 2.88. The van der Waals surface area contributed by atoms with E-state index in [-0.39, 0.29) is 11.8 Å². The molecular formula is C9H14O3. The van der Waals surface area contributed by atoms with Gasteiger partial charge in [-0.2, -0.15) is 0 Å². The zero-order chi connectivity index (χ0) is 8.97. The second-order valence-electron chi connectivity index (χ2n) is 3.08. The lowest BCUT2D eigenvalue weighted by molar-refractivity contribution is -0.150. The van der Waals surface area contributed by atoms with Crippen LogP contribution in [0.5, 0.6) is 0 Å². The molecule has 0 aromatic carbocycles. The molecule has 12 heavy (non-hydrogen) atoms. The SMILES string of the molecule is CCCOC(=O)C1CCCC1=O. The molecule has 1 rings (SSSR count). The molecule has 68 valence electrons. The van der Waals surface area contributed by atoms with Crippen molar-refractivity contribution in [3.8, 4) is 0 Å². The zero-order valence-electron chi connectivity index (χ0n) is 7.34. The molecule has 0 amide bonds. The van der Waals surface area contributed by atoms with Crippen LogP contribution in [0.15, 0.2) is 0 Å². The molecule has 1 unspecified atom stereocenters. The lowest BCUT2D eigenvalue weighted by Crippen LogP contribution is -2.21. The van der Waals surface area contributed by atoms with E-state index in [1.54, 1.807) is 0 Å². The molecule has 0 spiro atoms. The Balaban J connectivity index is 2.36. The largest absolute Gasteiger partial charge is 0.465 e. The number of hydrogen-bond donors (Lipinski definition) is 0. The van der Waals surface area contributed by atoms with Crippen molar-refractivity contribution in [1.29, 1.82) is 0 Å². The second-order valence-corrected chi connectivity index (χ2v) is 3.08. The molecule has 0 aromatic heterocycles. The van der Waals surface area contributed by atoms with E-state index >= 15 is 0 Å². The van der Waals surface area contributed by atoms with Crippen molar-refractivity contribution in [2.75, 3.05) is 6.61 Å². The Labute approximate surface area is 72.1 Å². The van der Waals surface area contributed by atoms with E-state index in [1.165, 1.54) is 0 Å². The summed E-state index contributed by atoms with van der Waals surface area (Å²) in [6, 6.07) is 0. The van der Waals surface area contributed by atoms with E-state index in [0.29, 0.717) is 19.4 Å². The summed E-state index contributed by atoms with van der Waals surface area (Å²) in [5.41, 5.74) is 0. The standard InChI is InChI=1S/C9H14O3/c1-2-6-12-9(11)7-4-3-5-8(7)10/h7H,2-6H2,1H3. The number of carbonyl (C=O) groups is 2. The molecule has 0 saturated heterocycles. The van der Waals surface area contributed by atoms with Gasteiger partial charge in [0.1, 0.15) is 11.7 Å². The first-order chi connectivity index (χ1) is 5.75. The average Bonchev–Trinajstić information content (AvgIpc) is 2.47. The quantitative estimate of drug-likeness (QED) is 0.473. The molecule has 0 N–H and O–H groups in total. The molecule has 1 aliphatic carbocycles. The van der Waals surface area contributed by atoms with Crippen molar-refractivity contribution in [2.45, 2.75) is 32.6 Å². The third-order valence-electron chi connectivity index (χ3n) is 2.04. The smallest absolute Gasteiger partial charge is 0.316 e. The lowest BCUT2D eigenvalue weighted by Gasteiger charge is -2.06. The van der Waals surface area contributed by atoms with Gasteiger partial charge in [0.25, 0.3) is 0 Å². The molecule has 0 aromatic rings. The van der Waals surface area contributed by atoms with Crippen molar-refractivity contribution in [2.24, 2.45) is 5.92 Å². The van der Waals surface area contributed by atoms with Crippen molar-refractivity contribution < 1.29 is 14.3 Å². The minimum absolute atomic E-state index is 0.0519. The molecule has 1 atom stereocenters. The number of Topliss-reactive ketones (excluding diaryl/α,β-unsaturated/α-hetero) is 1. The topological polar surface area (TPSA) is 43.4 Å². The van der Waals surface area contributed by atoms with Gasteiger partial charge in [-0.3, -0.25) is 9.59 Å². The number of ketones is 1. The summed E-state index contributed by atoms with van der Waals surface area (Å²) in [5, 5.41) is 0. The minimum atomic E-state index is -0.448. The summed E-state index contributed by atoms with van der Waals surface area (Å²) in [6.45, 7) is 2.37. The van der Waals surface area contributed by atoms with Gasteiger partial charge in [0.05, 0.1) is 6.61 Å². The van der Waals surface area contributed by atoms with E-state index in [4.69, 9.17) is 4.74 Å². The molecule has 1 aliphatic rings. The van der Waals surface area contributed by atoms with Gasteiger partial charge in [0, 0.05) is 6.42 Å². The Bertz CT molecular complexity index is 186. The van der Waals surface area contributed by atoms with Crippen LogP contribution in [-0.4, -0.2) is 18.4 Å². The normalized spacial score (nSPS) is 22.8. The summed E-state index contributed by atoms with van der Waals surface area (Å²) in [5.74, 6) is -0.716. The van der Waals surface area contributed by atoms with Crippen LogP contribution in [0.3, 0.4) is 0 Å². The molecule has 3 heteroatoms. The van der Waals surface area contributed by atoms with Crippen LogP contribution >= 0.6 is 0 Å². The van der Waals surface area contributed by atoms with Crippen LogP contribution in [0.1, 0.15) is 32.6 Å². The average molecular weight is 170 g/mol. The van der Waals surface area contributed by atoms with Crippen LogP contribution in [-0.2, 0) is 14.3 Å². The first kappa shape index (κ1) is 9.23. The van der Waals surface area contributed by atoms with E-state index in [2.05, 4.69) is 0 Å². The number of esters is 1. The molecule has 0 radical (unpaired) electrons. The molecule has 0 heterocycles. The Morgan fingerprint density at radius 3 is 2.92 bits per heavy atom. The number of rotatable bonds is 3. The highest BCUT2D eigenvalue weighted by Gasteiger charge is 2.31. The van der Waals surface area contributed by atoms with Crippen molar-refractivity contribution in [3.05, 3.63) is 0 Å². The highest BCUT2D eigenvalue weighted by Crippen LogP contribution is 2.22. The maximum atomic E-state index is 11.2. The summed E-state index contributed by atoms with van der Waals surface area (Å²) in [4.78, 5) is 22.2. The molecule has 0 aliphatic heterocycles. The predicted octanol–water partition coefficient (Wildman–Crippen LogP) is 1.31. The Morgan fingerprint density at radius 1 is 1.67 bits per heavy atom. The van der Waals surface area contributed by atoms with Crippen molar-refractivity contribution >= 4 is 11.8 Å². The maximum absolute atomic E-state index is 11.2. The Morgan fingerprint density at radius 2 is 2.42 bits per heavy atom. The first-order valence-electron chi connectivity index (χ1n) is 4.45. The maximum Gasteiger partial charge on any atom is 0.316 e. The molecular weight excluding hydrogens is 156 g/mol. The fourth-order valence-electron chi connectivity index (χ4n) is 1.37. The van der Waals surface area contributed by atoms with Gasteiger partial charge in [-0.15, -0.1) is 0 Å². The molecule has 1 saturated carbocycles. The minimum Gasteiger partial charge on any atom is -0.465 e. The highest BCUT2D eigenvalue weighted by molar-refractivity contribution is 6.00. The van der Waals surface area contributed by atoms with Gasteiger partial charge < -0.3 is 4.74 Å². The number of hydrogen-bond acceptors (Lipinski definition) is 3. The monoisotopic (exact) mass is 170 g/mol. The van der Waals surface area contributed by atoms with Gasteiger partial charge in [-0.1, -0.05) is 6.92 Å². The molecule has 3 nitrogen and oxygen atoms in total. The van der Waals surface area contributed by atoms with Gasteiger partial charge in [-0.25, -0.2) is 0 Å². The molecule has 1 fully saturated rings. The summed E-state index contributed by atoms with van der Waals surface area (Å²) < 4.78 is 4.89. The number of ether oxygens (including phenoxy) is 1. The third-order valence-corrected chi connectivity index (χ3v) is 2.04. The Kier molecular flexibility index (Phi) is 3.26. The molecule has 0 bridgehead atoms. The highest BCUT2D eigenvalue weighted by atomic mass is 16.5. The fourth-order valence-corrected chi connectivity index (χ4v) is 1.37. The van der Waals surface area contributed by atoms with Crippen molar-refractivity contribution in [1.82, 2.24) is 0 Å². The van der Waals surface area contributed by atoms with Crippen LogP contribution in [0.2, 0.25) is 0 Å². The second kappa shape index (κ2) is 4.24.